The van der Waals surface area contributed by atoms with Gasteiger partial charge in [-0.15, -0.1) is 0 Å². The average Bonchev–Trinajstić information content (AvgIpc) is 2.65. The van der Waals surface area contributed by atoms with Crippen molar-refractivity contribution < 1.29 is 4.74 Å². The highest BCUT2D eigenvalue weighted by atomic mass is 16.5. The van der Waals surface area contributed by atoms with Crippen molar-refractivity contribution in [1.82, 2.24) is 5.32 Å². The molecule has 2 rings (SSSR count). The van der Waals surface area contributed by atoms with Gasteiger partial charge in [0.15, 0.2) is 0 Å². The van der Waals surface area contributed by atoms with E-state index in [9.17, 15) is 0 Å². The molecular formula is C15H23NO. The molecule has 0 spiro atoms. The summed E-state index contributed by atoms with van der Waals surface area (Å²) in [6.07, 6.45) is 6.33. The number of nitrogens with one attached hydrogen (secondary N) is 1. The van der Waals surface area contributed by atoms with Gasteiger partial charge in [0.2, 0.25) is 0 Å². The second-order valence-electron chi connectivity index (χ2n) is 4.91. The molecule has 1 unspecified atom stereocenters. The fraction of sp³-hybridized carbons (Fsp3) is 0.600. The molecule has 1 aromatic rings. The Balaban J connectivity index is 2.31. The zero-order valence-corrected chi connectivity index (χ0v) is 11.0. The van der Waals surface area contributed by atoms with Crippen molar-refractivity contribution in [1.29, 1.82) is 0 Å². The fourth-order valence-corrected chi connectivity index (χ4v) is 2.82. The third kappa shape index (κ3) is 2.63. The Morgan fingerprint density at radius 2 is 2.18 bits per heavy atom. The molecule has 0 bridgehead atoms. The van der Waals surface area contributed by atoms with E-state index in [2.05, 4.69) is 30.4 Å². The maximum atomic E-state index is 5.34. The van der Waals surface area contributed by atoms with Gasteiger partial charge in [0.1, 0.15) is 5.75 Å². The number of methoxy groups -OCH3 is 1. The van der Waals surface area contributed by atoms with Gasteiger partial charge in [-0.3, -0.25) is 0 Å². The molecule has 1 saturated heterocycles. The van der Waals surface area contributed by atoms with E-state index in [1.807, 2.05) is 6.07 Å². The first-order valence-electron chi connectivity index (χ1n) is 6.70. The zero-order chi connectivity index (χ0) is 12.1. The Morgan fingerprint density at radius 1 is 1.29 bits per heavy atom. The summed E-state index contributed by atoms with van der Waals surface area (Å²) in [5.74, 6) is 0.960. The average molecular weight is 233 g/mol. The quantitative estimate of drug-likeness (QED) is 0.863. The van der Waals surface area contributed by atoms with E-state index in [4.69, 9.17) is 4.74 Å². The topological polar surface area (TPSA) is 21.3 Å². The van der Waals surface area contributed by atoms with Gasteiger partial charge in [-0.2, -0.15) is 0 Å². The minimum Gasteiger partial charge on any atom is -0.497 e. The van der Waals surface area contributed by atoms with Crippen molar-refractivity contribution in [3.63, 3.8) is 0 Å². The lowest BCUT2D eigenvalue weighted by molar-refractivity contribution is 0.310. The highest BCUT2D eigenvalue weighted by Crippen LogP contribution is 2.34. The summed E-state index contributed by atoms with van der Waals surface area (Å²) in [6.45, 7) is 3.41. The molecule has 1 atom stereocenters. The van der Waals surface area contributed by atoms with Crippen molar-refractivity contribution in [3.8, 4) is 5.75 Å². The molecular weight excluding hydrogens is 210 g/mol. The normalized spacial score (nSPS) is 25.3. The van der Waals surface area contributed by atoms with Gasteiger partial charge in [-0.1, -0.05) is 31.9 Å². The largest absolute Gasteiger partial charge is 0.497 e. The lowest BCUT2D eigenvalue weighted by Crippen LogP contribution is -2.41. The van der Waals surface area contributed by atoms with Crippen LogP contribution in [0.5, 0.6) is 5.75 Å². The standard InChI is InChI=1S/C15H23NO/c1-3-15(10-5-4-6-11-16-15)13-8-7-9-14(12-13)17-2/h7-9,12,16H,3-6,10-11H2,1-2H3. The molecule has 1 N–H and O–H groups in total. The van der Waals surface area contributed by atoms with Gasteiger partial charge in [-0.05, 0) is 43.5 Å². The summed E-state index contributed by atoms with van der Waals surface area (Å²) in [5, 5.41) is 3.76. The van der Waals surface area contributed by atoms with Gasteiger partial charge >= 0.3 is 0 Å². The molecule has 17 heavy (non-hydrogen) atoms. The highest BCUT2D eigenvalue weighted by molar-refractivity contribution is 5.33. The maximum absolute atomic E-state index is 5.34. The first kappa shape index (κ1) is 12.4. The highest BCUT2D eigenvalue weighted by Gasteiger charge is 2.30. The van der Waals surface area contributed by atoms with Crippen LogP contribution in [0.1, 0.15) is 44.6 Å². The Bertz CT molecular complexity index is 354. The maximum Gasteiger partial charge on any atom is 0.119 e. The predicted molar refractivity (Wildman–Crippen MR) is 71.4 cm³/mol. The van der Waals surface area contributed by atoms with Crippen LogP contribution < -0.4 is 10.1 Å². The van der Waals surface area contributed by atoms with E-state index in [0.717, 1.165) is 18.7 Å². The second-order valence-corrected chi connectivity index (χ2v) is 4.91. The molecule has 2 heteroatoms. The monoisotopic (exact) mass is 233 g/mol. The lowest BCUT2D eigenvalue weighted by Gasteiger charge is -2.33. The van der Waals surface area contributed by atoms with Gasteiger partial charge < -0.3 is 10.1 Å². The third-order valence-corrected chi connectivity index (χ3v) is 3.97. The van der Waals surface area contributed by atoms with E-state index in [-0.39, 0.29) is 5.54 Å². The van der Waals surface area contributed by atoms with Gasteiger partial charge in [0.05, 0.1) is 7.11 Å². The minimum atomic E-state index is 0.158. The van der Waals surface area contributed by atoms with Crippen LogP contribution in [0.4, 0.5) is 0 Å². The van der Waals surface area contributed by atoms with Crippen LogP contribution in [0, 0.1) is 0 Å². The van der Waals surface area contributed by atoms with Crippen molar-refractivity contribution in [3.05, 3.63) is 29.8 Å². The summed E-state index contributed by atoms with van der Waals surface area (Å²) in [4.78, 5) is 0. The zero-order valence-electron chi connectivity index (χ0n) is 11.0. The molecule has 2 nitrogen and oxygen atoms in total. The van der Waals surface area contributed by atoms with Gasteiger partial charge in [-0.25, -0.2) is 0 Å². The third-order valence-electron chi connectivity index (χ3n) is 3.97. The molecule has 0 radical (unpaired) electrons. The Kier molecular flexibility index (Phi) is 4.06. The molecule has 0 saturated carbocycles. The van der Waals surface area contributed by atoms with Gasteiger partial charge in [0, 0.05) is 5.54 Å². The molecule has 1 aliphatic heterocycles. The number of rotatable bonds is 3. The molecule has 1 aromatic carbocycles. The van der Waals surface area contributed by atoms with E-state index in [1.54, 1.807) is 7.11 Å². The molecule has 1 aliphatic rings. The summed E-state index contributed by atoms with van der Waals surface area (Å²) in [7, 11) is 1.73. The van der Waals surface area contributed by atoms with E-state index < -0.39 is 0 Å². The van der Waals surface area contributed by atoms with Crippen molar-refractivity contribution in [2.24, 2.45) is 0 Å². The smallest absolute Gasteiger partial charge is 0.119 e. The molecule has 0 amide bonds. The van der Waals surface area contributed by atoms with E-state index in [1.165, 1.54) is 31.2 Å². The number of hydrogen-bond acceptors (Lipinski definition) is 2. The number of benzene rings is 1. The van der Waals surface area contributed by atoms with Crippen LogP contribution in [0.2, 0.25) is 0 Å². The molecule has 1 heterocycles. The summed E-state index contributed by atoms with van der Waals surface area (Å²) in [5.41, 5.74) is 1.53. The Hall–Kier alpha value is -1.02. The minimum absolute atomic E-state index is 0.158. The summed E-state index contributed by atoms with van der Waals surface area (Å²) < 4.78 is 5.34. The summed E-state index contributed by atoms with van der Waals surface area (Å²) in [6, 6.07) is 8.52. The van der Waals surface area contributed by atoms with Crippen LogP contribution >= 0.6 is 0 Å². The van der Waals surface area contributed by atoms with Crippen LogP contribution in [0.15, 0.2) is 24.3 Å². The Labute approximate surface area is 104 Å². The van der Waals surface area contributed by atoms with Gasteiger partial charge in [0.25, 0.3) is 0 Å². The predicted octanol–water partition coefficient (Wildman–Crippen LogP) is 3.46. The number of hydrogen-bond donors (Lipinski definition) is 1. The van der Waals surface area contributed by atoms with Crippen molar-refractivity contribution in [2.45, 2.75) is 44.6 Å². The molecule has 0 aromatic heterocycles. The van der Waals surface area contributed by atoms with E-state index >= 15 is 0 Å². The van der Waals surface area contributed by atoms with Crippen molar-refractivity contribution >= 4 is 0 Å². The van der Waals surface area contributed by atoms with Crippen LogP contribution in [-0.2, 0) is 5.54 Å². The van der Waals surface area contributed by atoms with Crippen LogP contribution in [-0.4, -0.2) is 13.7 Å². The molecule has 94 valence electrons. The summed E-state index contributed by atoms with van der Waals surface area (Å²) >= 11 is 0. The SMILES string of the molecule is CCC1(c2cccc(OC)c2)CCCCCN1. The van der Waals surface area contributed by atoms with Crippen molar-refractivity contribution in [2.75, 3.05) is 13.7 Å². The molecule has 0 aliphatic carbocycles. The van der Waals surface area contributed by atoms with Crippen LogP contribution in [0.25, 0.3) is 0 Å². The Morgan fingerprint density at radius 3 is 2.94 bits per heavy atom. The number of ether oxygens (including phenoxy) is 1. The lowest BCUT2D eigenvalue weighted by atomic mass is 9.83. The fourth-order valence-electron chi connectivity index (χ4n) is 2.82. The van der Waals surface area contributed by atoms with Crippen LogP contribution in [0.3, 0.4) is 0 Å². The second kappa shape index (κ2) is 5.54. The first-order valence-corrected chi connectivity index (χ1v) is 6.70. The first-order chi connectivity index (χ1) is 8.30. The van der Waals surface area contributed by atoms with E-state index in [0.29, 0.717) is 0 Å². The molecule has 1 fully saturated rings.